The Morgan fingerprint density at radius 3 is 2.24 bits per heavy atom. The first-order valence-corrected chi connectivity index (χ1v) is 7.51. The molecule has 0 atom stereocenters. The quantitative estimate of drug-likeness (QED) is 0.732. The van der Waals surface area contributed by atoms with E-state index in [1.807, 2.05) is 60.7 Å². The Morgan fingerprint density at radius 1 is 0.952 bits per heavy atom. The van der Waals surface area contributed by atoms with Crippen LogP contribution in [0.4, 0.5) is 0 Å². The zero-order valence-corrected chi connectivity index (χ0v) is 12.5. The van der Waals surface area contributed by atoms with Crippen LogP contribution in [-0.2, 0) is 0 Å². The molecule has 0 aliphatic carbocycles. The van der Waals surface area contributed by atoms with Gasteiger partial charge < -0.3 is 0 Å². The maximum absolute atomic E-state index is 12.5. The van der Waals surface area contributed by atoms with Crippen LogP contribution in [0.25, 0.3) is 5.69 Å². The summed E-state index contributed by atoms with van der Waals surface area (Å²) in [7, 11) is 0. The van der Waals surface area contributed by atoms with Crippen LogP contribution in [0.15, 0.2) is 81.6 Å². The maximum atomic E-state index is 12.5. The zero-order valence-electron chi connectivity index (χ0n) is 10.9. The molecular formula is C16H11ClN2OS. The second-order valence-corrected chi connectivity index (χ2v) is 5.74. The van der Waals surface area contributed by atoms with Crippen molar-refractivity contribution in [1.82, 2.24) is 9.55 Å². The van der Waals surface area contributed by atoms with Gasteiger partial charge in [-0.3, -0.25) is 9.36 Å². The van der Waals surface area contributed by atoms with Crippen LogP contribution in [0.2, 0.25) is 5.15 Å². The highest BCUT2D eigenvalue weighted by Gasteiger charge is 2.10. The number of hydrogen-bond acceptors (Lipinski definition) is 3. The van der Waals surface area contributed by atoms with E-state index in [4.69, 9.17) is 11.6 Å². The molecule has 1 heterocycles. The van der Waals surface area contributed by atoms with Crippen LogP contribution < -0.4 is 5.56 Å². The minimum atomic E-state index is -0.181. The van der Waals surface area contributed by atoms with Crippen molar-refractivity contribution in [3.05, 3.63) is 82.4 Å². The molecule has 0 fully saturated rings. The topological polar surface area (TPSA) is 34.9 Å². The molecule has 3 nitrogen and oxygen atoms in total. The Kier molecular flexibility index (Phi) is 4.08. The largest absolute Gasteiger partial charge is 0.288 e. The maximum Gasteiger partial charge on any atom is 0.288 e. The molecule has 0 amide bonds. The molecule has 21 heavy (non-hydrogen) atoms. The van der Waals surface area contributed by atoms with Gasteiger partial charge in [0.25, 0.3) is 5.56 Å². The van der Waals surface area contributed by atoms with Crippen molar-refractivity contribution in [2.24, 2.45) is 0 Å². The molecule has 2 aromatic carbocycles. The fourth-order valence-electron chi connectivity index (χ4n) is 1.89. The summed E-state index contributed by atoms with van der Waals surface area (Å²) >= 11 is 7.36. The Labute approximate surface area is 131 Å². The van der Waals surface area contributed by atoms with Crippen molar-refractivity contribution in [2.45, 2.75) is 9.92 Å². The highest BCUT2D eigenvalue weighted by Crippen LogP contribution is 2.24. The highest BCUT2D eigenvalue weighted by molar-refractivity contribution is 7.99. The van der Waals surface area contributed by atoms with E-state index >= 15 is 0 Å². The third kappa shape index (κ3) is 3.17. The monoisotopic (exact) mass is 314 g/mol. The molecule has 3 aromatic rings. The van der Waals surface area contributed by atoms with E-state index < -0.39 is 0 Å². The number of aromatic nitrogens is 2. The minimum absolute atomic E-state index is 0.181. The molecule has 0 aliphatic rings. The molecule has 5 heteroatoms. The normalized spacial score (nSPS) is 10.5. The van der Waals surface area contributed by atoms with Crippen LogP contribution >= 0.6 is 23.4 Å². The van der Waals surface area contributed by atoms with Gasteiger partial charge in [-0.2, -0.15) is 0 Å². The number of nitrogens with zero attached hydrogens (tertiary/aromatic N) is 2. The lowest BCUT2D eigenvalue weighted by atomic mass is 10.3. The molecule has 104 valence electrons. The predicted octanol–water partition coefficient (Wildman–Crippen LogP) is 4.04. The van der Waals surface area contributed by atoms with Gasteiger partial charge in [-0.1, -0.05) is 59.8 Å². The Balaban J connectivity index is 2.07. The van der Waals surface area contributed by atoms with Crippen molar-refractivity contribution in [1.29, 1.82) is 0 Å². The van der Waals surface area contributed by atoms with Gasteiger partial charge in [-0.05, 0) is 24.3 Å². The molecule has 0 unspecified atom stereocenters. The summed E-state index contributed by atoms with van der Waals surface area (Å²) in [5.41, 5.74) is 0.584. The molecular weight excluding hydrogens is 304 g/mol. The second-order valence-electron chi connectivity index (χ2n) is 4.29. The molecule has 0 saturated carbocycles. The highest BCUT2D eigenvalue weighted by atomic mass is 35.5. The predicted molar refractivity (Wildman–Crippen MR) is 85.4 cm³/mol. The molecule has 0 saturated heterocycles. The van der Waals surface area contributed by atoms with Crippen LogP contribution in [0.3, 0.4) is 0 Å². The number of benzene rings is 2. The van der Waals surface area contributed by atoms with Gasteiger partial charge >= 0.3 is 0 Å². The summed E-state index contributed by atoms with van der Waals surface area (Å²) in [4.78, 5) is 17.6. The summed E-state index contributed by atoms with van der Waals surface area (Å²) < 4.78 is 1.51. The number of halogens is 1. The van der Waals surface area contributed by atoms with Gasteiger partial charge in [-0.15, -0.1) is 0 Å². The molecule has 3 rings (SSSR count). The minimum Gasteiger partial charge on any atom is -0.279 e. The SMILES string of the molecule is O=c1c(Sc2ccccc2)nc(Cl)cn1-c1ccccc1. The van der Waals surface area contributed by atoms with Crippen LogP contribution in [0, 0.1) is 0 Å². The summed E-state index contributed by atoms with van der Waals surface area (Å²) in [5, 5.41) is 0.648. The van der Waals surface area contributed by atoms with Gasteiger partial charge in [0.15, 0.2) is 5.03 Å². The molecule has 1 aromatic heterocycles. The zero-order chi connectivity index (χ0) is 14.7. The number of para-hydroxylation sites is 1. The summed E-state index contributed by atoms with van der Waals surface area (Å²) in [6, 6.07) is 19.0. The average Bonchev–Trinajstić information content (AvgIpc) is 2.52. The Hall–Kier alpha value is -2.04. The van der Waals surface area contributed by atoms with Crippen molar-refractivity contribution in [3.63, 3.8) is 0 Å². The third-order valence-corrected chi connectivity index (χ3v) is 3.99. The van der Waals surface area contributed by atoms with E-state index in [-0.39, 0.29) is 10.7 Å². The first-order valence-electron chi connectivity index (χ1n) is 6.31. The first kappa shape index (κ1) is 13.9. The van der Waals surface area contributed by atoms with Gasteiger partial charge in [-0.25, -0.2) is 4.98 Å². The Bertz CT molecular complexity index is 804. The lowest BCUT2D eigenvalue weighted by Crippen LogP contribution is -2.20. The Morgan fingerprint density at radius 2 is 1.57 bits per heavy atom. The summed E-state index contributed by atoms with van der Waals surface area (Å²) in [6.07, 6.45) is 1.54. The smallest absolute Gasteiger partial charge is 0.279 e. The van der Waals surface area contributed by atoms with Crippen LogP contribution in [-0.4, -0.2) is 9.55 Å². The lowest BCUT2D eigenvalue weighted by molar-refractivity contribution is 0.883. The number of rotatable bonds is 3. The average molecular weight is 315 g/mol. The van der Waals surface area contributed by atoms with E-state index in [0.29, 0.717) is 5.03 Å². The molecule has 0 radical (unpaired) electrons. The molecule has 0 bridgehead atoms. The second kappa shape index (κ2) is 6.16. The van der Waals surface area contributed by atoms with Gasteiger partial charge in [0.05, 0.1) is 6.20 Å². The van der Waals surface area contributed by atoms with E-state index in [1.165, 1.54) is 22.5 Å². The molecule has 0 spiro atoms. The first-order chi connectivity index (χ1) is 10.2. The fourth-order valence-corrected chi connectivity index (χ4v) is 2.97. The van der Waals surface area contributed by atoms with E-state index in [0.717, 1.165) is 10.6 Å². The fraction of sp³-hybridized carbons (Fsp3) is 0. The number of hydrogen-bond donors (Lipinski definition) is 0. The summed E-state index contributed by atoms with van der Waals surface area (Å²) in [5.74, 6) is 0. The molecule has 0 aliphatic heterocycles. The lowest BCUT2D eigenvalue weighted by Gasteiger charge is -2.08. The van der Waals surface area contributed by atoms with Gasteiger partial charge in [0.1, 0.15) is 5.15 Å². The standard InChI is InChI=1S/C16H11ClN2OS/c17-14-11-19(12-7-3-1-4-8-12)16(20)15(18-14)21-13-9-5-2-6-10-13/h1-11H. The summed E-state index contributed by atoms with van der Waals surface area (Å²) in [6.45, 7) is 0. The van der Waals surface area contributed by atoms with Crippen molar-refractivity contribution < 1.29 is 0 Å². The van der Waals surface area contributed by atoms with E-state index in [9.17, 15) is 4.79 Å². The van der Waals surface area contributed by atoms with Crippen molar-refractivity contribution in [2.75, 3.05) is 0 Å². The van der Waals surface area contributed by atoms with Crippen LogP contribution in [0.5, 0.6) is 0 Å². The van der Waals surface area contributed by atoms with Crippen LogP contribution in [0.1, 0.15) is 0 Å². The third-order valence-electron chi connectivity index (χ3n) is 2.84. The van der Waals surface area contributed by atoms with Crippen molar-refractivity contribution in [3.8, 4) is 5.69 Å². The van der Waals surface area contributed by atoms with Gasteiger partial charge in [0.2, 0.25) is 0 Å². The van der Waals surface area contributed by atoms with E-state index in [1.54, 1.807) is 0 Å². The molecule has 0 N–H and O–H groups in total. The van der Waals surface area contributed by atoms with Crippen molar-refractivity contribution >= 4 is 23.4 Å². The van der Waals surface area contributed by atoms with Gasteiger partial charge in [0, 0.05) is 10.6 Å². The van der Waals surface area contributed by atoms with E-state index in [2.05, 4.69) is 4.98 Å².